The summed E-state index contributed by atoms with van der Waals surface area (Å²) in [5, 5.41) is 3.79. The lowest BCUT2D eigenvalue weighted by atomic mass is 10.1. The molecule has 3 heteroatoms. The molecule has 1 aliphatic rings. The van der Waals surface area contributed by atoms with Crippen molar-refractivity contribution in [1.29, 1.82) is 0 Å². The lowest BCUT2D eigenvalue weighted by Crippen LogP contribution is -2.28. The molecule has 1 saturated carbocycles. The normalized spacial score (nSPS) is 28.2. The first-order valence-corrected chi connectivity index (χ1v) is 5.70. The molecule has 0 heterocycles. The van der Waals surface area contributed by atoms with Crippen LogP contribution in [0.5, 0.6) is 0 Å². The second-order valence-electron chi connectivity index (χ2n) is 3.61. The highest BCUT2D eigenvalue weighted by Crippen LogP contribution is 2.29. The summed E-state index contributed by atoms with van der Waals surface area (Å²) in [5.74, 6) is 0.684. The molecule has 0 aliphatic heterocycles. The van der Waals surface area contributed by atoms with Gasteiger partial charge in [-0.15, -0.1) is 11.6 Å². The van der Waals surface area contributed by atoms with Gasteiger partial charge in [-0.05, 0) is 32.2 Å². The largest absolute Gasteiger partial charge is 0.380 e. The van der Waals surface area contributed by atoms with Crippen LogP contribution in [0.2, 0.25) is 0 Å². The van der Waals surface area contributed by atoms with Crippen molar-refractivity contribution in [2.24, 2.45) is 5.92 Å². The fourth-order valence-corrected chi connectivity index (χ4v) is 2.17. The van der Waals surface area contributed by atoms with Gasteiger partial charge < -0.3 is 10.1 Å². The monoisotopic (exact) mass is 205 g/mol. The van der Waals surface area contributed by atoms with Gasteiger partial charge in [-0.1, -0.05) is 6.42 Å². The Bertz CT molecular complexity index is 132. The molecule has 78 valence electrons. The van der Waals surface area contributed by atoms with Gasteiger partial charge in [-0.2, -0.15) is 0 Å². The molecule has 1 fully saturated rings. The number of hydrogen-bond acceptors (Lipinski definition) is 2. The van der Waals surface area contributed by atoms with Gasteiger partial charge >= 0.3 is 0 Å². The zero-order valence-corrected chi connectivity index (χ0v) is 9.15. The number of hydrogen-bond donors (Lipinski definition) is 1. The van der Waals surface area contributed by atoms with Gasteiger partial charge in [0.15, 0.2) is 0 Å². The van der Waals surface area contributed by atoms with Crippen molar-refractivity contribution < 1.29 is 4.74 Å². The predicted molar refractivity (Wildman–Crippen MR) is 56.3 cm³/mol. The fourth-order valence-electron chi connectivity index (χ4n) is 1.80. The Labute approximate surface area is 86.0 Å². The van der Waals surface area contributed by atoms with Crippen molar-refractivity contribution in [3.8, 4) is 0 Å². The zero-order valence-electron chi connectivity index (χ0n) is 8.39. The van der Waals surface area contributed by atoms with Gasteiger partial charge in [-0.25, -0.2) is 0 Å². The van der Waals surface area contributed by atoms with E-state index in [4.69, 9.17) is 16.3 Å². The Balaban J connectivity index is 1.93. The molecule has 0 spiro atoms. The van der Waals surface area contributed by atoms with Gasteiger partial charge in [0.05, 0.1) is 6.61 Å². The maximum atomic E-state index is 6.15. The summed E-state index contributed by atoms with van der Waals surface area (Å²) in [6.45, 7) is 5.65. The quantitative estimate of drug-likeness (QED) is 0.529. The summed E-state index contributed by atoms with van der Waals surface area (Å²) in [7, 11) is 0. The van der Waals surface area contributed by atoms with E-state index in [0.29, 0.717) is 11.3 Å². The molecule has 2 atom stereocenters. The van der Waals surface area contributed by atoms with Crippen molar-refractivity contribution in [2.75, 3.05) is 26.3 Å². The van der Waals surface area contributed by atoms with Crippen LogP contribution >= 0.6 is 11.6 Å². The lowest BCUT2D eigenvalue weighted by Gasteiger charge is -2.14. The molecule has 0 bridgehead atoms. The highest BCUT2D eigenvalue weighted by atomic mass is 35.5. The zero-order chi connectivity index (χ0) is 9.52. The van der Waals surface area contributed by atoms with Gasteiger partial charge in [0.2, 0.25) is 0 Å². The van der Waals surface area contributed by atoms with E-state index >= 15 is 0 Å². The third-order valence-electron chi connectivity index (χ3n) is 2.60. The summed E-state index contributed by atoms with van der Waals surface area (Å²) in [5.41, 5.74) is 0. The first-order valence-electron chi connectivity index (χ1n) is 5.27. The average molecular weight is 206 g/mol. The van der Waals surface area contributed by atoms with Gasteiger partial charge in [0, 0.05) is 18.5 Å². The van der Waals surface area contributed by atoms with Gasteiger partial charge in [0.1, 0.15) is 0 Å². The smallest absolute Gasteiger partial charge is 0.0590 e. The standard InChI is InChI=1S/C10H20ClNO/c1-2-13-7-6-12-8-9-4-3-5-10(9)11/h9-10,12H,2-8H2,1H3. The molecule has 1 rings (SSSR count). The number of nitrogens with one attached hydrogen (secondary N) is 1. The van der Waals surface area contributed by atoms with Crippen molar-refractivity contribution >= 4 is 11.6 Å². The number of alkyl halides is 1. The van der Waals surface area contributed by atoms with Crippen molar-refractivity contribution in [3.05, 3.63) is 0 Å². The Morgan fingerprint density at radius 3 is 2.92 bits per heavy atom. The maximum absolute atomic E-state index is 6.15. The topological polar surface area (TPSA) is 21.3 Å². The highest BCUT2D eigenvalue weighted by Gasteiger charge is 2.24. The Morgan fingerprint density at radius 1 is 1.46 bits per heavy atom. The molecule has 1 N–H and O–H groups in total. The third-order valence-corrected chi connectivity index (χ3v) is 3.17. The maximum Gasteiger partial charge on any atom is 0.0590 e. The summed E-state index contributed by atoms with van der Waals surface area (Å²) in [6.07, 6.45) is 3.78. The second kappa shape index (κ2) is 6.63. The van der Waals surface area contributed by atoms with Crippen LogP contribution in [-0.4, -0.2) is 31.7 Å². The van der Waals surface area contributed by atoms with Gasteiger partial charge in [0.25, 0.3) is 0 Å². The van der Waals surface area contributed by atoms with E-state index in [1.807, 2.05) is 6.92 Å². The minimum atomic E-state index is 0.402. The minimum absolute atomic E-state index is 0.402. The van der Waals surface area contributed by atoms with Crippen molar-refractivity contribution in [3.63, 3.8) is 0 Å². The molecular weight excluding hydrogens is 186 g/mol. The van der Waals surface area contributed by atoms with E-state index in [1.165, 1.54) is 19.3 Å². The molecule has 0 aromatic carbocycles. The van der Waals surface area contributed by atoms with E-state index < -0.39 is 0 Å². The molecular formula is C10H20ClNO. The van der Waals surface area contributed by atoms with Crippen LogP contribution < -0.4 is 5.32 Å². The minimum Gasteiger partial charge on any atom is -0.380 e. The van der Waals surface area contributed by atoms with Crippen LogP contribution in [0, 0.1) is 5.92 Å². The van der Waals surface area contributed by atoms with Crippen LogP contribution in [0.1, 0.15) is 26.2 Å². The Kier molecular flexibility index (Phi) is 5.76. The molecule has 0 aromatic heterocycles. The van der Waals surface area contributed by atoms with Crippen LogP contribution in [0.15, 0.2) is 0 Å². The van der Waals surface area contributed by atoms with Crippen LogP contribution in [0.3, 0.4) is 0 Å². The lowest BCUT2D eigenvalue weighted by molar-refractivity contribution is 0.148. The molecule has 0 saturated heterocycles. The molecule has 0 aromatic rings. The Morgan fingerprint density at radius 2 is 2.31 bits per heavy atom. The first-order chi connectivity index (χ1) is 6.34. The second-order valence-corrected chi connectivity index (χ2v) is 4.17. The SMILES string of the molecule is CCOCCNCC1CCCC1Cl. The van der Waals surface area contributed by atoms with E-state index in [9.17, 15) is 0 Å². The number of rotatable bonds is 6. The van der Waals surface area contributed by atoms with Crippen molar-refractivity contribution in [1.82, 2.24) is 5.32 Å². The third kappa shape index (κ3) is 4.30. The summed E-state index contributed by atoms with van der Waals surface area (Å²) >= 11 is 6.15. The van der Waals surface area contributed by atoms with Crippen LogP contribution in [-0.2, 0) is 4.74 Å². The molecule has 0 radical (unpaired) electrons. The van der Waals surface area contributed by atoms with Crippen LogP contribution in [0.25, 0.3) is 0 Å². The molecule has 2 unspecified atom stereocenters. The molecule has 13 heavy (non-hydrogen) atoms. The predicted octanol–water partition coefficient (Wildman–Crippen LogP) is 2.02. The van der Waals surface area contributed by atoms with E-state index in [1.54, 1.807) is 0 Å². The molecule has 1 aliphatic carbocycles. The highest BCUT2D eigenvalue weighted by molar-refractivity contribution is 6.20. The van der Waals surface area contributed by atoms with E-state index in [2.05, 4.69) is 5.32 Å². The summed E-state index contributed by atoms with van der Waals surface area (Å²) < 4.78 is 5.23. The number of ether oxygens (including phenoxy) is 1. The van der Waals surface area contributed by atoms with E-state index in [0.717, 1.165) is 26.3 Å². The Hall–Kier alpha value is 0.210. The molecule has 0 amide bonds. The fraction of sp³-hybridized carbons (Fsp3) is 1.00. The molecule has 2 nitrogen and oxygen atoms in total. The summed E-state index contributed by atoms with van der Waals surface area (Å²) in [6, 6.07) is 0. The van der Waals surface area contributed by atoms with Gasteiger partial charge in [-0.3, -0.25) is 0 Å². The van der Waals surface area contributed by atoms with Crippen LogP contribution in [0.4, 0.5) is 0 Å². The van der Waals surface area contributed by atoms with E-state index in [-0.39, 0.29) is 0 Å². The first kappa shape index (κ1) is 11.3. The average Bonchev–Trinajstić information content (AvgIpc) is 2.52. The van der Waals surface area contributed by atoms with Crippen molar-refractivity contribution in [2.45, 2.75) is 31.6 Å². The number of halogens is 1. The summed E-state index contributed by atoms with van der Waals surface area (Å²) in [4.78, 5) is 0.